The molecular formula is C18H22FNO4. The van der Waals surface area contributed by atoms with Crippen molar-refractivity contribution >= 4 is 17.1 Å². The van der Waals surface area contributed by atoms with Crippen molar-refractivity contribution in [3.8, 4) is 0 Å². The van der Waals surface area contributed by atoms with Crippen molar-refractivity contribution in [2.45, 2.75) is 45.3 Å². The molecule has 1 aliphatic heterocycles. The lowest BCUT2D eigenvalue weighted by Gasteiger charge is -2.26. The number of furan rings is 1. The van der Waals surface area contributed by atoms with E-state index in [9.17, 15) is 14.3 Å². The van der Waals surface area contributed by atoms with E-state index in [4.69, 9.17) is 9.15 Å². The van der Waals surface area contributed by atoms with Gasteiger partial charge in [-0.15, -0.1) is 0 Å². The highest BCUT2D eigenvalue weighted by Gasteiger charge is 2.43. The molecule has 1 atom stereocenters. The number of rotatable bonds is 1. The van der Waals surface area contributed by atoms with Crippen LogP contribution in [0.4, 0.5) is 9.18 Å². The van der Waals surface area contributed by atoms with Crippen LogP contribution in [-0.4, -0.2) is 34.8 Å². The van der Waals surface area contributed by atoms with Gasteiger partial charge >= 0.3 is 6.09 Å². The van der Waals surface area contributed by atoms with Crippen molar-refractivity contribution in [1.29, 1.82) is 0 Å². The van der Waals surface area contributed by atoms with E-state index in [0.29, 0.717) is 35.3 Å². The summed E-state index contributed by atoms with van der Waals surface area (Å²) in [6, 6.07) is 4.38. The third-order valence-electron chi connectivity index (χ3n) is 4.11. The summed E-state index contributed by atoms with van der Waals surface area (Å²) in [6.07, 6.45) is -0.188. The summed E-state index contributed by atoms with van der Waals surface area (Å²) in [5, 5.41) is 11.6. The Kier molecular flexibility index (Phi) is 3.83. The summed E-state index contributed by atoms with van der Waals surface area (Å²) in [6.45, 7) is 7.51. The summed E-state index contributed by atoms with van der Waals surface area (Å²) in [4.78, 5) is 13.7. The number of hydrogen-bond donors (Lipinski definition) is 1. The third-order valence-corrected chi connectivity index (χ3v) is 4.11. The molecular weight excluding hydrogens is 313 g/mol. The molecule has 0 aliphatic carbocycles. The molecule has 1 amide bonds. The Morgan fingerprint density at radius 3 is 2.75 bits per heavy atom. The minimum Gasteiger partial charge on any atom is -0.461 e. The maximum atomic E-state index is 13.9. The molecule has 3 rings (SSSR count). The predicted octanol–water partition coefficient (Wildman–Crippen LogP) is 3.71. The van der Waals surface area contributed by atoms with Gasteiger partial charge in [-0.1, -0.05) is 0 Å². The van der Waals surface area contributed by atoms with Crippen LogP contribution in [0.3, 0.4) is 0 Å². The van der Waals surface area contributed by atoms with Gasteiger partial charge in [0.2, 0.25) is 0 Å². The highest BCUT2D eigenvalue weighted by molar-refractivity contribution is 5.82. The van der Waals surface area contributed by atoms with Gasteiger partial charge in [0, 0.05) is 17.5 Å². The Morgan fingerprint density at radius 1 is 1.38 bits per heavy atom. The molecule has 0 saturated carbocycles. The molecule has 5 nitrogen and oxygen atoms in total. The number of likely N-dealkylation sites (tertiary alicyclic amines) is 1. The van der Waals surface area contributed by atoms with Gasteiger partial charge in [0.05, 0.1) is 6.54 Å². The number of β-amino-alcohol motifs (C(OH)–C–C–N with tert-alkyl or cyclic N) is 1. The first-order chi connectivity index (χ1) is 11.1. The summed E-state index contributed by atoms with van der Waals surface area (Å²) in [7, 11) is 0. The number of halogens is 1. The van der Waals surface area contributed by atoms with Crippen molar-refractivity contribution in [3.63, 3.8) is 0 Å². The van der Waals surface area contributed by atoms with Crippen LogP contribution in [-0.2, 0) is 10.3 Å². The van der Waals surface area contributed by atoms with Gasteiger partial charge in [0.25, 0.3) is 0 Å². The van der Waals surface area contributed by atoms with E-state index in [1.807, 2.05) is 0 Å². The maximum Gasteiger partial charge on any atom is 0.410 e. The largest absolute Gasteiger partial charge is 0.461 e. The molecule has 6 heteroatoms. The molecule has 0 bridgehead atoms. The number of nitrogens with zero attached hydrogens (tertiary/aromatic N) is 1. The lowest BCUT2D eigenvalue weighted by Crippen LogP contribution is -2.38. The number of aliphatic hydroxyl groups is 1. The molecule has 0 radical (unpaired) electrons. The molecule has 1 N–H and O–H groups in total. The van der Waals surface area contributed by atoms with E-state index in [0.717, 1.165) is 0 Å². The fourth-order valence-corrected chi connectivity index (χ4v) is 3.09. The van der Waals surface area contributed by atoms with Crippen molar-refractivity contribution in [2.24, 2.45) is 0 Å². The zero-order valence-electron chi connectivity index (χ0n) is 14.4. The highest BCUT2D eigenvalue weighted by atomic mass is 19.1. The number of aryl methyl sites for hydroxylation is 1. The van der Waals surface area contributed by atoms with Crippen LogP contribution in [0.2, 0.25) is 0 Å². The summed E-state index contributed by atoms with van der Waals surface area (Å²) in [5.74, 6) is 0.199. The smallest absolute Gasteiger partial charge is 0.410 e. The number of carbonyl (C=O) groups excluding carboxylic acids is 1. The second kappa shape index (κ2) is 5.48. The van der Waals surface area contributed by atoms with Crippen LogP contribution >= 0.6 is 0 Å². The van der Waals surface area contributed by atoms with E-state index >= 15 is 0 Å². The number of amides is 1. The van der Waals surface area contributed by atoms with Gasteiger partial charge in [-0.25, -0.2) is 9.18 Å². The van der Waals surface area contributed by atoms with Crippen molar-refractivity contribution in [2.75, 3.05) is 13.1 Å². The van der Waals surface area contributed by atoms with Gasteiger partial charge in [0.15, 0.2) is 0 Å². The van der Waals surface area contributed by atoms with Crippen molar-refractivity contribution in [3.05, 3.63) is 35.3 Å². The zero-order valence-corrected chi connectivity index (χ0v) is 14.4. The summed E-state index contributed by atoms with van der Waals surface area (Å²) >= 11 is 0. The van der Waals surface area contributed by atoms with Gasteiger partial charge in [-0.3, -0.25) is 0 Å². The standard InChI is InChI=1S/C18H22FNO4/c1-11-7-12-8-13(19)9-14(15(12)23-11)18(22)5-6-20(10-18)16(21)24-17(2,3)4/h7-9,22H,5-6,10H2,1-4H3. The lowest BCUT2D eigenvalue weighted by molar-refractivity contribution is 0.0141. The normalized spacial score (nSPS) is 21.5. The van der Waals surface area contributed by atoms with E-state index in [1.54, 1.807) is 33.8 Å². The third kappa shape index (κ3) is 3.11. The van der Waals surface area contributed by atoms with Crippen LogP contribution in [0, 0.1) is 12.7 Å². The Labute approximate surface area is 140 Å². The first-order valence-electron chi connectivity index (χ1n) is 7.98. The Balaban J connectivity index is 1.92. The van der Waals surface area contributed by atoms with Gasteiger partial charge in [-0.05, 0) is 52.3 Å². The maximum absolute atomic E-state index is 13.9. The van der Waals surface area contributed by atoms with Gasteiger partial charge in [0.1, 0.15) is 28.4 Å². The van der Waals surface area contributed by atoms with E-state index in [-0.39, 0.29) is 6.54 Å². The molecule has 24 heavy (non-hydrogen) atoms. The monoisotopic (exact) mass is 335 g/mol. The zero-order chi connectivity index (χ0) is 17.7. The Bertz CT molecular complexity index is 792. The molecule has 130 valence electrons. The molecule has 1 aromatic heterocycles. The average Bonchev–Trinajstić information content (AvgIpc) is 2.99. The number of hydrogen-bond acceptors (Lipinski definition) is 4. The number of benzene rings is 1. The van der Waals surface area contributed by atoms with Gasteiger partial charge in [-0.2, -0.15) is 0 Å². The molecule has 1 saturated heterocycles. The number of ether oxygens (including phenoxy) is 1. The Hall–Kier alpha value is -2.08. The summed E-state index contributed by atoms with van der Waals surface area (Å²) in [5.41, 5.74) is -1.14. The average molecular weight is 335 g/mol. The molecule has 2 heterocycles. The SMILES string of the molecule is Cc1cc2cc(F)cc(C3(O)CCN(C(=O)OC(C)(C)C)C3)c2o1. The predicted molar refractivity (Wildman–Crippen MR) is 87.2 cm³/mol. The van der Waals surface area contributed by atoms with Crippen molar-refractivity contribution < 1.29 is 23.4 Å². The minimum atomic E-state index is -1.36. The highest BCUT2D eigenvalue weighted by Crippen LogP contribution is 2.38. The van der Waals surface area contributed by atoms with Crippen LogP contribution in [0.25, 0.3) is 11.0 Å². The van der Waals surface area contributed by atoms with E-state index in [2.05, 4.69) is 0 Å². The molecule has 1 unspecified atom stereocenters. The number of fused-ring (bicyclic) bond motifs is 1. The molecule has 1 aromatic carbocycles. The van der Waals surface area contributed by atoms with E-state index < -0.39 is 23.1 Å². The topological polar surface area (TPSA) is 62.9 Å². The fourth-order valence-electron chi connectivity index (χ4n) is 3.09. The molecule has 1 aliphatic rings. The van der Waals surface area contributed by atoms with Gasteiger partial charge < -0.3 is 19.2 Å². The molecule has 2 aromatic rings. The fraction of sp³-hybridized carbons (Fsp3) is 0.500. The van der Waals surface area contributed by atoms with Crippen LogP contribution in [0.1, 0.15) is 38.5 Å². The Morgan fingerprint density at radius 2 is 2.08 bits per heavy atom. The first-order valence-corrected chi connectivity index (χ1v) is 7.98. The molecule has 1 fully saturated rings. The van der Waals surface area contributed by atoms with Crippen molar-refractivity contribution in [1.82, 2.24) is 4.90 Å². The summed E-state index contributed by atoms with van der Waals surface area (Å²) < 4.78 is 24.9. The van der Waals surface area contributed by atoms with Crippen LogP contribution < -0.4 is 0 Å². The van der Waals surface area contributed by atoms with Crippen LogP contribution in [0.5, 0.6) is 0 Å². The second-order valence-corrected chi connectivity index (χ2v) is 7.41. The van der Waals surface area contributed by atoms with E-state index in [1.165, 1.54) is 17.0 Å². The quantitative estimate of drug-likeness (QED) is 0.863. The first kappa shape index (κ1) is 16.8. The van der Waals surface area contributed by atoms with Crippen LogP contribution in [0.15, 0.2) is 22.6 Å². The lowest BCUT2D eigenvalue weighted by atomic mass is 9.91. The minimum absolute atomic E-state index is 0.0419. The molecule has 0 spiro atoms. The second-order valence-electron chi connectivity index (χ2n) is 7.41. The number of carbonyl (C=O) groups is 1.